The van der Waals surface area contributed by atoms with Crippen molar-refractivity contribution in [3.05, 3.63) is 59.0 Å². The summed E-state index contributed by atoms with van der Waals surface area (Å²) in [4.78, 5) is 34.6. The predicted molar refractivity (Wildman–Crippen MR) is 93.2 cm³/mol. The Balaban J connectivity index is 1.77. The number of fused-ring (bicyclic) bond motifs is 1. The number of pyridine rings is 1. The van der Waals surface area contributed by atoms with E-state index < -0.39 is 17.3 Å². The Bertz CT molecular complexity index is 982. The minimum atomic E-state index is -0.527. The van der Waals surface area contributed by atoms with Gasteiger partial charge in [0.15, 0.2) is 0 Å². The number of anilines is 2. The number of aromatic nitrogens is 3. The first-order valence-electron chi connectivity index (χ1n) is 7.52. The van der Waals surface area contributed by atoms with Crippen molar-refractivity contribution in [2.75, 3.05) is 24.3 Å². The van der Waals surface area contributed by atoms with Crippen molar-refractivity contribution in [1.29, 1.82) is 0 Å². The molecule has 0 bridgehead atoms. The molecule has 2 heterocycles. The van der Waals surface area contributed by atoms with Gasteiger partial charge in [-0.2, -0.15) is 0 Å². The molecule has 1 amide bonds. The molecule has 0 aliphatic carbocycles. The first kappa shape index (κ1) is 16.6. The number of hydrogen-bond donors (Lipinski definition) is 1. The maximum atomic E-state index is 13.3. The summed E-state index contributed by atoms with van der Waals surface area (Å²) in [5.74, 6) is -0.172. The molecule has 1 N–H and O–H groups in total. The Morgan fingerprint density at radius 2 is 2.04 bits per heavy atom. The van der Waals surface area contributed by atoms with E-state index in [-0.39, 0.29) is 11.9 Å². The monoisotopic (exact) mass is 341 g/mol. The van der Waals surface area contributed by atoms with Crippen molar-refractivity contribution in [3.63, 3.8) is 0 Å². The van der Waals surface area contributed by atoms with Gasteiger partial charge in [0, 0.05) is 14.1 Å². The van der Waals surface area contributed by atoms with Gasteiger partial charge in [-0.15, -0.1) is 0 Å². The van der Waals surface area contributed by atoms with E-state index in [0.29, 0.717) is 11.2 Å². The summed E-state index contributed by atoms with van der Waals surface area (Å²) in [6, 6.07) is 7.26. The van der Waals surface area contributed by atoms with Crippen molar-refractivity contribution in [2.24, 2.45) is 0 Å². The maximum Gasteiger partial charge on any atom is 0.261 e. The average Bonchev–Trinajstić information content (AvgIpc) is 2.58. The minimum absolute atomic E-state index is 0.132. The Morgan fingerprint density at radius 1 is 1.24 bits per heavy atom. The second kappa shape index (κ2) is 6.68. The van der Waals surface area contributed by atoms with E-state index in [1.165, 1.54) is 24.7 Å². The Morgan fingerprint density at radius 3 is 2.72 bits per heavy atom. The van der Waals surface area contributed by atoms with Crippen molar-refractivity contribution in [1.82, 2.24) is 14.5 Å². The average molecular weight is 341 g/mol. The van der Waals surface area contributed by atoms with Crippen LogP contribution in [0.1, 0.15) is 0 Å². The predicted octanol–water partition coefficient (Wildman–Crippen LogP) is 1.64. The van der Waals surface area contributed by atoms with Gasteiger partial charge in [-0.05, 0) is 30.3 Å². The topological polar surface area (TPSA) is 80.1 Å². The van der Waals surface area contributed by atoms with Crippen molar-refractivity contribution < 1.29 is 9.18 Å². The number of halogens is 1. The molecule has 0 radical (unpaired) electrons. The molecule has 0 fully saturated rings. The molecule has 1 aromatic carbocycles. The van der Waals surface area contributed by atoms with Gasteiger partial charge in [-0.25, -0.2) is 14.4 Å². The third-order valence-corrected chi connectivity index (χ3v) is 3.59. The fourth-order valence-electron chi connectivity index (χ4n) is 2.32. The van der Waals surface area contributed by atoms with Crippen molar-refractivity contribution >= 4 is 28.3 Å². The van der Waals surface area contributed by atoms with E-state index in [0.717, 1.165) is 16.5 Å². The zero-order valence-corrected chi connectivity index (χ0v) is 13.7. The number of amides is 1. The molecule has 0 saturated carbocycles. The summed E-state index contributed by atoms with van der Waals surface area (Å²) in [7, 11) is 3.73. The lowest BCUT2D eigenvalue weighted by atomic mass is 10.2. The molecule has 3 aromatic rings. The summed E-state index contributed by atoms with van der Waals surface area (Å²) in [6.07, 6.45) is 2.81. The first-order valence-corrected chi connectivity index (χ1v) is 7.52. The molecule has 3 rings (SSSR count). The number of hydrogen-bond acceptors (Lipinski definition) is 5. The summed E-state index contributed by atoms with van der Waals surface area (Å²) in [5.41, 5.74) is 0.427. The van der Waals surface area contributed by atoms with Crippen LogP contribution in [-0.2, 0) is 11.3 Å². The summed E-state index contributed by atoms with van der Waals surface area (Å²) >= 11 is 0. The number of benzene rings is 1. The third kappa shape index (κ3) is 3.63. The third-order valence-electron chi connectivity index (χ3n) is 3.59. The Kier molecular flexibility index (Phi) is 4.42. The van der Waals surface area contributed by atoms with Crippen molar-refractivity contribution in [3.8, 4) is 0 Å². The largest absolute Gasteiger partial charge is 0.363 e. The molecular weight excluding hydrogens is 325 g/mol. The standard InChI is InChI=1S/C17H16FN5O2/c1-22(2)15-6-4-12(8-19-15)21-16(24)9-23-10-20-14-5-3-11(18)7-13(14)17(23)25/h3-8,10H,9H2,1-2H3,(H,21,24). The van der Waals surface area contributed by atoms with Gasteiger partial charge >= 0.3 is 0 Å². The molecule has 25 heavy (non-hydrogen) atoms. The molecule has 128 valence electrons. The highest BCUT2D eigenvalue weighted by molar-refractivity contribution is 5.90. The van der Waals surface area contributed by atoms with Gasteiger partial charge in [0.25, 0.3) is 5.56 Å². The van der Waals surface area contributed by atoms with E-state index in [4.69, 9.17) is 0 Å². The van der Waals surface area contributed by atoms with Crippen LogP contribution in [0, 0.1) is 5.82 Å². The minimum Gasteiger partial charge on any atom is -0.363 e. The second-order valence-electron chi connectivity index (χ2n) is 5.69. The zero-order valence-electron chi connectivity index (χ0n) is 13.7. The second-order valence-corrected chi connectivity index (χ2v) is 5.69. The highest BCUT2D eigenvalue weighted by atomic mass is 19.1. The molecule has 0 aliphatic heterocycles. The van der Waals surface area contributed by atoms with Gasteiger partial charge in [-0.3, -0.25) is 14.2 Å². The SMILES string of the molecule is CN(C)c1ccc(NC(=O)Cn2cnc3ccc(F)cc3c2=O)cn1. The van der Waals surface area contributed by atoms with Crippen LogP contribution in [-0.4, -0.2) is 34.5 Å². The quantitative estimate of drug-likeness (QED) is 0.780. The lowest BCUT2D eigenvalue weighted by Crippen LogP contribution is -2.28. The fourth-order valence-corrected chi connectivity index (χ4v) is 2.32. The smallest absolute Gasteiger partial charge is 0.261 e. The molecule has 0 saturated heterocycles. The van der Waals surface area contributed by atoms with E-state index in [1.807, 2.05) is 19.0 Å². The van der Waals surface area contributed by atoms with E-state index >= 15 is 0 Å². The van der Waals surface area contributed by atoms with Crippen LogP contribution in [0.15, 0.2) is 47.7 Å². The number of carbonyl (C=O) groups is 1. The highest BCUT2D eigenvalue weighted by Gasteiger charge is 2.09. The Labute approximate surface area is 142 Å². The molecule has 2 aromatic heterocycles. The molecule has 0 spiro atoms. The van der Waals surface area contributed by atoms with Crippen molar-refractivity contribution in [2.45, 2.75) is 6.54 Å². The highest BCUT2D eigenvalue weighted by Crippen LogP contribution is 2.12. The number of carbonyl (C=O) groups excluding carboxylic acids is 1. The molecule has 8 heteroatoms. The van der Waals surface area contributed by atoms with Gasteiger partial charge in [0.2, 0.25) is 5.91 Å². The van der Waals surface area contributed by atoms with Crippen LogP contribution in [0.3, 0.4) is 0 Å². The molecule has 0 unspecified atom stereocenters. The normalized spacial score (nSPS) is 10.7. The van der Waals surface area contributed by atoms with Gasteiger partial charge < -0.3 is 10.2 Å². The zero-order chi connectivity index (χ0) is 18.0. The molecule has 0 atom stereocenters. The molecule has 7 nitrogen and oxygen atoms in total. The lowest BCUT2D eigenvalue weighted by molar-refractivity contribution is -0.116. The van der Waals surface area contributed by atoms with Crippen LogP contribution in [0.2, 0.25) is 0 Å². The Hall–Kier alpha value is -3.29. The van der Waals surface area contributed by atoms with E-state index in [9.17, 15) is 14.0 Å². The first-order chi connectivity index (χ1) is 11.9. The summed E-state index contributed by atoms with van der Waals surface area (Å²) < 4.78 is 14.5. The van der Waals surface area contributed by atoms with E-state index in [1.54, 1.807) is 12.1 Å². The van der Waals surface area contributed by atoms with Gasteiger partial charge in [-0.1, -0.05) is 0 Å². The van der Waals surface area contributed by atoms with Crippen LogP contribution in [0.5, 0.6) is 0 Å². The summed E-state index contributed by atoms with van der Waals surface area (Å²) in [6.45, 7) is -0.228. The fraction of sp³-hybridized carbons (Fsp3) is 0.176. The van der Waals surface area contributed by atoms with Crippen LogP contribution in [0.25, 0.3) is 10.9 Å². The van der Waals surface area contributed by atoms with E-state index in [2.05, 4.69) is 15.3 Å². The van der Waals surface area contributed by atoms with Gasteiger partial charge in [0.05, 0.1) is 29.1 Å². The van der Waals surface area contributed by atoms with Gasteiger partial charge in [0.1, 0.15) is 18.2 Å². The molecular formula is C17H16FN5O2. The number of nitrogens with one attached hydrogen (secondary N) is 1. The van der Waals surface area contributed by atoms with Crippen LogP contribution in [0.4, 0.5) is 15.9 Å². The molecule has 0 aliphatic rings. The summed E-state index contributed by atoms with van der Waals surface area (Å²) in [5, 5.41) is 2.79. The maximum absolute atomic E-state index is 13.3. The lowest BCUT2D eigenvalue weighted by Gasteiger charge is -2.12. The van der Waals surface area contributed by atoms with Crippen LogP contribution >= 0.6 is 0 Å². The number of rotatable bonds is 4. The van der Waals surface area contributed by atoms with Crippen LogP contribution < -0.4 is 15.8 Å². The number of nitrogens with zero attached hydrogens (tertiary/aromatic N) is 4.